The first-order chi connectivity index (χ1) is 16.0. The van der Waals surface area contributed by atoms with Crippen molar-refractivity contribution < 1.29 is 19.1 Å². The molecule has 0 aliphatic carbocycles. The highest BCUT2D eigenvalue weighted by Gasteiger charge is 2.12. The SMILES string of the molecule is COC(=O)COc1ccc(NC(=O)c2cccc(-n3nccc3-c3ccccc3)c2)c(C)c1. The number of benzene rings is 3. The second-order valence-electron chi connectivity index (χ2n) is 7.34. The number of ether oxygens (including phenoxy) is 2. The molecule has 0 saturated carbocycles. The molecule has 166 valence electrons. The Morgan fingerprint density at radius 2 is 1.79 bits per heavy atom. The van der Waals surface area contributed by atoms with Gasteiger partial charge in [-0.3, -0.25) is 4.79 Å². The molecule has 7 heteroatoms. The van der Waals surface area contributed by atoms with Crippen molar-refractivity contribution >= 4 is 17.6 Å². The summed E-state index contributed by atoms with van der Waals surface area (Å²) in [6.45, 7) is 1.68. The van der Waals surface area contributed by atoms with Crippen LogP contribution in [0.15, 0.2) is 85.1 Å². The van der Waals surface area contributed by atoms with E-state index in [1.807, 2.05) is 60.1 Å². The number of nitrogens with one attached hydrogen (secondary N) is 1. The second kappa shape index (κ2) is 9.82. The molecular formula is C26H23N3O4. The number of amides is 1. The van der Waals surface area contributed by atoms with Crippen LogP contribution in [0.2, 0.25) is 0 Å². The van der Waals surface area contributed by atoms with Crippen LogP contribution in [-0.4, -0.2) is 35.4 Å². The molecule has 1 heterocycles. The van der Waals surface area contributed by atoms with E-state index < -0.39 is 5.97 Å². The number of nitrogens with zero attached hydrogens (tertiary/aromatic N) is 2. The molecule has 0 atom stereocenters. The number of aromatic nitrogens is 2. The molecule has 3 aromatic carbocycles. The first-order valence-corrected chi connectivity index (χ1v) is 10.4. The van der Waals surface area contributed by atoms with Gasteiger partial charge in [0.1, 0.15) is 5.75 Å². The summed E-state index contributed by atoms with van der Waals surface area (Å²) in [4.78, 5) is 24.2. The van der Waals surface area contributed by atoms with Crippen LogP contribution in [0.5, 0.6) is 5.75 Å². The summed E-state index contributed by atoms with van der Waals surface area (Å²) in [6, 6.07) is 24.4. The molecule has 0 aliphatic heterocycles. The Labute approximate surface area is 191 Å². The zero-order valence-electron chi connectivity index (χ0n) is 18.3. The topological polar surface area (TPSA) is 82.5 Å². The van der Waals surface area contributed by atoms with Crippen molar-refractivity contribution in [3.8, 4) is 22.7 Å². The van der Waals surface area contributed by atoms with Gasteiger partial charge in [-0.05, 0) is 55.0 Å². The van der Waals surface area contributed by atoms with Gasteiger partial charge < -0.3 is 14.8 Å². The predicted molar refractivity (Wildman–Crippen MR) is 126 cm³/mol. The van der Waals surface area contributed by atoms with Crippen molar-refractivity contribution in [2.45, 2.75) is 6.92 Å². The van der Waals surface area contributed by atoms with E-state index in [2.05, 4.69) is 15.2 Å². The first kappa shape index (κ1) is 21.8. The number of hydrogen-bond donors (Lipinski definition) is 1. The van der Waals surface area contributed by atoms with Crippen molar-refractivity contribution in [2.24, 2.45) is 0 Å². The third-order valence-corrected chi connectivity index (χ3v) is 5.10. The van der Waals surface area contributed by atoms with Gasteiger partial charge in [-0.25, -0.2) is 9.48 Å². The molecule has 0 aliphatic rings. The van der Waals surface area contributed by atoms with Crippen molar-refractivity contribution in [1.29, 1.82) is 0 Å². The fourth-order valence-electron chi connectivity index (χ4n) is 3.38. The van der Waals surface area contributed by atoms with E-state index in [-0.39, 0.29) is 12.5 Å². The maximum Gasteiger partial charge on any atom is 0.343 e. The number of aryl methyl sites for hydroxylation is 1. The van der Waals surface area contributed by atoms with Gasteiger partial charge in [0.2, 0.25) is 0 Å². The van der Waals surface area contributed by atoms with E-state index in [4.69, 9.17) is 4.74 Å². The molecule has 1 amide bonds. The Bertz CT molecular complexity index is 1280. The van der Waals surface area contributed by atoms with Crippen LogP contribution in [0.4, 0.5) is 5.69 Å². The number of rotatable bonds is 7. The first-order valence-electron chi connectivity index (χ1n) is 10.4. The van der Waals surface area contributed by atoms with Crippen LogP contribution in [0.3, 0.4) is 0 Å². The van der Waals surface area contributed by atoms with Crippen LogP contribution in [0.25, 0.3) is 16.9 Å². The summed E-state index contributed by atoms with van der Waals surface area (Å²) in [5.74, 6) is -0.181. The number of hydrogen-bond acceptors (Lipinski definition) is 5. The molecular weight excluding hydrogens is 418 g/mol. The molecule has 0 unspecified atom stereocenters. The molecule has 33 heavy (non-hydrogen) atoms. The van der Waals surface area contributed by atoms with Gasteiger partial charge in [-0.15, -0.1) is 0 Å². The highest BCUT2D eigenvalue weighted by Crippen LogP contribution is 2.24. The van der Waals surface area contributed by atoms with Crippen LogP contribution in [0.1, 0.15) is 15.9 Å². The van der Waals surface area contributed by atoms with Crippen LogP contribution in [0, 0.1) is 6.92 Å². The maximum atomic E-state index is 12.9. The van der Waals surface area contributed by atoms with Crippen molar-refractivity contribution in [1.82, 2.24) is 9.78 Å². The molecule has 7 nitrogen and oxygen atoms in total. The van der Waals surface area contributed by atoms with Gasteiger partial charge in [-0.1, -0.05) is 36.4 Å². The third-order valence-electron chi connectivity index (χ3n) is 5.10. The summed E-state index contributed by atoms with van der Waals surface area (Å²) < 4.78 is 11.8. The largest absolute Gasteiger partial charge is 0.482 e. The van der Waals surface area contributed by atoms with Gasteiger partial charge in [0, 0.05) is 16.8 Å². The third kappa shape index (κ3) is 5.10. The fraction of sp³-hybridized carbons (Fsp3) is 0.115. The number of carbonyl (C=O) groups excluding carboxylic acids is 2. The molecule has 0 fully saturated rings. The molecule has 0 saturated heterocycles. The number of carbonyl (C=O) groups is 2. The van der Waals surface area contributed by atoms with Crippen LogP contribution >= 0.6 is 0 Å². The van der Waals surface area contributed by atoms with E-state index in [9.17, 15) is 9.59 Å². The lowest BCUT2D eigenvalue weighted by molar-refractivity contribution is -0.142. The minimum atomic E-state index is -0.461. The van der Waals surface area contributed by atoms with Crippen LogP contribution < -0.4 is 10.1 Å². The Hall–Kier alpha value is -4.39. The van der Waals surface area contributed by atoms with Crippen molar-refractivity contribution in [3.63, 3.8) is 0 Å². The van der Waals surface area contributed by atoms with Gasteiger partial charge >= 0.3 is 5.97 Å². The van der Waals surface area contributed by atoms with Gasteiger partial charge in [-0.2, -0.15) is 5.10 Å². The van der Waals surface area contributed by atoms with E-state index in [0.717, 1.165) is 22.5 Å². The minimum Gasteiger partial charge on any atom is -0.482 e. The number of esters is 1. The van der Waals surface area contributed by atoms with Crippen molar-refractivity contribution in [3.05, 3.63) is 96.2 Å². The minimum absolute atomic E-state index is 0.174. The average Bonchev–Trinajstić information content (AvgIpc) is 3.34. The summed E-state index contributed by atoms with van der Waals surface area (Å²) in [5, 5.41) is 7.38. The summed E-state index contributed by atoms with van der Waals surface area (Å²) in [5.41, 5.74) is 4.73. The van der Waals surface area contributed by atoms with Gasteiger partial charge in [0.15, 0.2) is 6.61 Å². The quantitative estimate of drug-likeness (QED) is 0.422. The number of anilines is 1. The lowest BCUT2D eigenvalue weighted by Crippen LogP contribution is -2.14. The summed E-state index contributed by atoms with van der Waals surface area (Å²) >= 11 is 0. The summed E-state index contributed by atoms with van der Waals surface area (Å²) in [7, 11) is 1.30. The Kier molecular flexibility index (Phi) is 6.50. The van der Waals surface area contributed by atoms with E-state index in [0.29, 0.717) is 17.0 Å². The molecule has 0 radical (unpaired) electrons. The molecule has 0 bridgehead atoms. The Morgan fingerprint density at radius 3 is 2.55 bits per heavy atom. The highest BCUT2D eigenvalue weighted by atomic mass is 16.6. The molecule has 4 aromatic rings. The molecule has 1 N–H and O–H groups in total. The Balaban J connectivity index is 1.52. The van der Waals surface area contributed by atoms with E-state index in [1.165, 1.54) is 7.11 Å². The lowest BCUT2D eigenvalue weighted by Gasteiger charge is -2.12. The molecule has 4 rings (SSSR count). The second-order valence-corrected chi connectivity index (χ2v) is 7.34. The van der Waals surface area contributed by atoms with Crippen LogP contribution in [-0.2, 0) is 9.53 Å². The molecule has 0 spiro atoms. The molecule has 1 aromatic heterocycles. The summed E-state index contributed by atoms with van der Waals surface area (Å²) in [6.07, 6.45) is 1.74. The van der Waals surface area contributed by atoms with Gasteiger partial charge in [0.05, 0.1) is 24.7 Å². The normalized spacial score (nSPS) is 10.5. The number of methoxy groups -OCH3 is 1. The Morgan fingerprint density at radius 1 is 0.970 bits per heavy atom. The van der Waals surface area contributed by atoms with Gasteiger partial charge in [0.25, 0.3) is 5.91 Å². The zero-order valence-corrected chi connectivity index (χ0v) is 18.3. The average molecular weight is 441 g/mol. The fourth-order valence-corrected chi connectivity index (χ4v) is 3.38. The highest BCUT2D eigenvalue weighted by molar-refractivity contribution is 6.05. The zero-order chi connectivity index (χ0) is 23.2. The monoisotopic (exact) mass is 441 g/mol. The smallest absolute Gasteiger partial charge is 0.343 e. The standard InChI is InChI=1S/C26H23N3O4/c1-18-15-22(33-17-25(30)32-2)11-12-23(18)28-26(31)20-9-6-10-21(16-20)29-24(13-14-27-29)19-7-4-3-5-8-19/h3-16H,17H2,1-2H3,(H,28,31). The van der Waals surface area contributed by atoms with E-state index in [1.54, 1.807) is 36.5 Å². The van der Waals surface area contributed by atoms with E-state index >= 15 is 0 Å². The predicted octanol–water partition coefficient (Wildman–Crippen LogP) is 4.65. The lowest BCUT2D eigenvalue weighted by atomic mass is 10.1. The van der Waals surface area contributed by atoms with Crippen molar-refractivity contribution in [2.75, 3.05) is 19.0 Å². The maximum absolute atomic E-state index is 12.9.